The Morgan fingerprint density at radius 3 is 2.29 bits per heavy atom. The summed E-state index contributed by atoms with van der Waals surface area (Å²) in [5, 5.41) is 11.6. The summed E-state index contributed by atoms with van der Waals surface area (Å²) in [5.74, 6) is -0.363. The number of guanidine groups is 1. The SMILES string of the molecule is Cc1cc(C)cc(CNC(=O)NC(=N)N)c1.Cl. The molecule has 0 radical (unpaired) electrons. The van der Waals surface area contributed by atoms with Crippen molar-refractivity contribution >= 4 is 24.4 Å². The highest BCUT2D eigenvalue weighted by atomic mass is 35.5. The van der Waals surface area contributed by atoms with Crippen molar-refractivity contribution in [1.82, 2.24) is 10.6 Å². The molecule has 0 aliphatic rings. The van der Waals surface area contributed by atoms with Gasteiger partial charge >= 0.3 is 6.03 Å². The Morgan fingerprint density at radius 2 is 1.82 bits per heavy atom. The van der Waals surface area contributed by atoms with Gasteiger partial charge in [0.05, 0.1) is 0 Å². The van der Waals surface area contributed by atoms with Crippen LogP contribution in [0.1, 0.15) is 16.7 Å². The predicted molar refractivity (Wildman–Crippen MR) is 70.4 cm³/mol. The van der Waals surface area contributed by atoms with Gasteiger partial charge in [0.15, 0.2) is 5.96 Å². The minimum atomic E-state index is -0.466. The molecule has 0 bridgehead atoms. The van der Waals surface area contributed by atoms with Gasteiger partial charge in [-0.1, -0.05) is 29.3 Å². The van der Waals surface area contributed by atoms with E-state index in [0.717, 1.165) is 16.7 Å². The highest BCUT2D eigenvalue weighted by Crippen LogP contribution is 2.08. The van der Waals surface area contributed by atoms with Gasteiger partial charge in [0.1, 0.15) is 0 Å². The first kappa shape index (κ1) is 15.2. The minimum Gasteiger partial charge on any atom is -0.370 e. The number of urea groups is 1. The maximum absolute atomic E-state index is 11.2. The third-order valence-corrected chi connectivity index (χ3v) is 1.98. The molecule has 0 spiro atoms. The van der Waals surface area contributed by atoms with Crippen LogP contribution in [-0.4, -0.2) is 12.0 Å². The van der Waals surface area contributed by atoms with E-state index in [4.69, 9.17) is 11.1 Å². The molecule has 0 heterocycles. The molecule has 0 saturated heterocycles. The second-order valence-corrected chi connectivity index (χ2v) is 3.72. The summed E-state index contributed by atoms with van der Waals surface area (Å²) < 4.78 is 0. The molecule has 0 aromatic heterocycles. The zero-order valence-corrected chi connectivity index (χ0v) is 10.6. The van der Waals surface area contributed by atoms with Gasteiger partial charge in [-0.3, -0.25) is 10.7 Å². The number of hydrogen-bond donors (Lipinski definition) is 4. The van der Waals surface area contributed by atoms with Crippen molar-refractivity contribution in [1.29, 1.82) is 5.41 Å². The lowest BCUT2D eigenvalue weighted by Crippen LogP contribution is -2.42. The fraction of sp³-hybridized carbons (Fsp3) is 0.273. The number of benzene rings is 1. The number of rotatable bonds is 2. The molecule has 0 aliphatic carbocycles. The summed E-state index contributed by atoms with van der Waals surface area (Å²) in [6, 6.07) is 5.60. The van der Waals surface area contributed by atoms with Crippen molar-refractivity contribution in [3.63, 3.8) is 0 Å². The fourth-order valence-corrected chi connectivity index (χ4v) is 1.52. The van der Waals surface area contributed by atoms with E-state index >= 15 is 0 Å². The normalized spacial score (nSPS) is 9.06. The van der Waals surface area contributed by atoms with Crippen LogP contribution in [0.15, 0.2) is 18.2 Å². The zero-order chi connectivity index (χ0) is 12.1. The van der Waals surface area contributed by atoms with Crippen LogP contribution in [0.25, 0.3) is 0 Å². The third kappa shape index (κ3) is 5.77. The number of halogens is 1. The average Bonchev–Trinajstić information content (AvgIpc) is 2.12. The Balaban J connectivity index is 0.00000256. The van der Waals surface area contributed by atoms with Crippen LogP contribution < -0.4 is 16.4 Å². The molecule has 0 saturated carbocycles. The summed E-state index contributed by atoms with van der Waals surface area (Å²) in [6.07, 6.45) is 0. The second-order valence-electron chi connectivity index (χ2n) is 3.72. The van der Waals surface area contributed by atoms with E-state index in [0.29, 0.717) is 6.54 Å². The van der Waals surface area contributed by atoms with Crippen LogP contribution in [0.5, 0.6) is 0 Å². The molecular formula is C11H17ClN4O. The molecule has 6 heteroatoms. The smallest absolute Gasteiger partial charge is 0.321 e. The number of carbonyl (C=O) groups is 1. The quantitative estimate of drug-likeness (QED) is 0.476. The van der Waals surface area contributed by atoms with Gasteiger partial charge in [0.2, 0.25) is 0 Å². The zero-order valence-electron chi connectivity index (χ0n) is 9.83. The largest absolute Gasteiger partial charge is 0.370 e. The van der Waals surface area contributed by atoms with Gasteiger partial charge < -0.3 is 11.1 Å². The predicted octanol–water partition coefficient (Wildman–Crippen LogP) is 1.42. The topological polar surface area (TPSA) is 91.0 Å². The van der Waals surface area contributed by atoms with Crippen molar-refractivity contribution in [2.75, 3.05) is 0 Å². The first-order valence-corrected chi connectivity index (χ1v) is 4.93. The van der Waals surface area contributed by atoms with Crippen molar-refractivity contribution < 1.29 is 4.79 Å². The lowest BCUT2D eigenvalue weighted by Gasteiger charge is -2.07. The number of carbonyl (C=O) groups excluding carboxylic acids is 1. The first-order valence-electron chi connectivity index (χ1n) is 4.93. The van der Waals surface area contributed by atoms with Gasteiger partial charge in [0.25, 0.3) is 0 Å². The molecule has 0 aliphatic heterocycles. The molecule has 0 atom stereocenters. The number of nitrogens with two attached hydrogens (primary N) is 1. The molecular weight excluding hydrogens is 240 g/mol. The summed E-state index contributed by atoms with van der Waals surface area (Å²) in [4.78, 5) is 11.2. The standard InChI is InChI=1S/C11H16N4O.ClH/c1-7-3-8(2)5-9(4-7)6-14-11(16)15-10(12)13;/h3-5H,6H2,1-2H3,(H5,12,13,14,15,16);1H. The molecule has 2 amide bonds. The Kier molecular flexibility index (Phi) is 6.06. The van der Waals surface area contributed by atoms with Crippen LogP contribution in [0, 0.1) is 19.3 Å². The van der Waals surface area contributed by atoms with E-state index in [9.17, 15) is 4.79 Å². The molecule has 0 unspecified atom stereocenters. The van der Waals surface area contributed by atoms with Crippen molar-refractivity contribution in [3.8, 4) is 0 Å². The van der Waals surface area contributed by atoms with E-state index in [1.165, 1.54) is 0 Å². The van der Waals surface area contributed by atoms with Crippen molar-refractivity contribution in [2.24, 2.45) is 5.73 Å². The van der Waals surface area contributed by atoms with Gasteiger partial charge in [-0.25, -0.2) is 4.79 Å². The Bertz CT molecular complexity index is 400. The Morgan fingerprint density at radius 1 is 1.29 bits per heavy atom. The van der Waals surface area contributed by atoms with Gasteiger partial charge in [-0.15, -0.1) is 12.4 Å². The third-order valence-electron chi connectivity index (χ3n) is 1.98. The summed E-state index contributed by atoms with van der Waals surface area (Å²) in [7, 11) is 0. The van der Waals surface area contributed by atoms with Gasteiger partial charge in [0, 0.05) is 6.54 Å². The fourth-order valence-electron chi connectivity index (χ4n) is 1.52. The van der Waals surface area contributed by atoms with Crippen molar-refractivity contribution in [3.05, 3.63) is 34.9 Å². The number of amides is 2. The summed E-state index contributed by atoms with van der Waals surface area (Å²) >= 11 is 0. The molecule has 5 nitrogen and oxygen atoms in total. The molecule has 1 rings (SSSR count). The molecule has 94 valence electrons. The maximum atomic E-state index is 11.2. The second kappa shape index (κ2) is 6.75. The van der Waals surface area contributed by atoms with E-state index in [1.54, 1.807) is 0 Å². The summed E-state index contributed by atoms with van der Waals surface area (Å²) in [6.45, 7) is 4.43. The van der Waals surface area contributed by atoms with E-state index in [-0.39, 0.29) is 18.4 Å². The highest BCUT2D eigenvalue weighted by molar-refractivity contribution is 5.93. The molecule has 1 aromatic rings. The molecule has 17 heavy (non-hydrogen) atoms. The Labute approximate surface area is 107 Å². The van der Waals surface area contributed by atoms with Gasteiger partial charge in [-0.2, -0.15) is 0 Å². The van der Waals surface area contributed by atoms with Crippen LogP contribution in [-0.2, 0) is 6.54 Å². The number of nitrogens with one attached hydrogen (secondary N) is 3. The average molecular weight is 257 g/mol. The molecule has 5 N–H and O–H groups in total. The van der Waals surface area contributed by atoms with Crippen LogP contribution >= 0.6 is 12.4 Å². The lowest BCUT2D eigenvalue weighted by atomic mass is 10.1. The van der Waals surface area contributed by atoms with Crippen LogP contribution in [0.3, 0.4) is 0 Å². The lowest BCUT2D eigenvalue weighted by molar-refractivity contribution is 0.245. The maximum Gasteiger partial charge on any atom is 0.321 e. The van der Waals surface area contributed by atoms with Crippen LogP contribution in [0.4, 0.5) is 4.79 Å². The van der Waals surface area contributed by atoms with E-state index in [2.05, 4.69) is 16.7 Å². The summed E-state index contributed by atoms with van der Waals surface area (Å²) in [5.41, 5.74) is 8.36. The van der Waals surface area contributed by atoms with Crippen molar-refractivity contribution in [2.45, 2.75) is 20.4 Å². The monoisotopic (exact) mass is 256 g/mol. The first-order chi connectivity index (χ1) is 7.47. The highest BCUT2D eigenvalue weighted by Gasteiger charge is 2.01. The van der Waals surface area contributed by atoms with E-state index < -0.39 is 6.03 Å². The number of hydrogen-bond acceptors (Lipinski definition) is 2. The minimum absolute atomic E-state index is 0. The number of aryl methyl sites for hydroxylation is 2. The Hall–Kier alpha value is -1.75. The molecule has 1 aromatic carbocycles. The molecule has 0 fully saturated rings. The van der Waals surface area contributed by atoms with Crippen LogP contribution in [0.2, 0.25) is 0 Å². The van der Waals surface area contributed by atoms with E-state index in [1.807, 2.05) is 26.0 Å². The van der Waals surface area contributed by atoms with Gasteiger partial charge in [-0.05, 0) is 19.4 Å².